The molecule has 148 valence electrons. The first-order valence-electron chi connectivity index (χ1n) is 9.74. The molecule has 2 aromatic carbocycles. The lowest BCUT2D eigenvalue weighted by atomic mass is 9.96. The molecule has 2 aromatic rings. The number of rotatable bonds is 7. The fraction of sp³-hybridized carbons (Fsp3) is 0.364. The van der Waals surface area contributed by atoms with Gasteiger partial charge in [-0.15, -0.1) is 0 Å². The van der Waals surface area contributed by atoms with Crippen molar-refractivity contribution in [3.63, 3.8) is 0 Å². The maximum Gasteiger partial charge on any atom is 0.261 e. The molecule has 0 bridgehead atoms. The summed E-state index contributed by atoms with van der Waals surface area (Å²) in [6.45, 7) is 0.728. The number of thiocarbonyl (C=S) groups is 1. The molecule has 1 fully saturated rings. The molecule has 1 aliphatic carbocycles. The average molecular weight is 399 g/mol. The molecule has 0 aromatic heterocycles. The molecule has 1 aliphatic rings. The first-order chi connectivity index (χ1) is 13.7. The van der Waals surface area contributed by atoms with Crippen LogP contribution in [-0.4, -0.2) is 30.3 Å². The van der Waals surface area contributed by atoms with Crippen molar-refractivity contribution in [2.24, 2.45) is 0 Å². The summed E-state index contributed by atoms with van der Waals surface area (Å²) in [6.07, 6.45) is 5.87. The van der Waals surface area contributed by atoms with Gasteiger partial charge < -0.3 is 14.8 Å². The Balaban J connectivity index is 1.49. The zero-order valence-corrected chi connectivity index (χ0v) is 16.7. The van der Waals surface area contributed by atoms with E-state index >= 15 is 0 Å². The first kappa shape index (κ1) is 20.1. The molecular formula is C22H26N2O3S. The van der Waals surface area contributed by atoms with E-state index in [-0.39, 0.29) is 5.91 Å². The molecule has 3 rings (SSSR count). The Kier molecular flexibility index (Phi) is 7.67. The monoisotopic (exact) mass is 398 g/mol. The summed E-state index contributed by atoms with van der Waals surface area (Å²) in [5.41, 5.74) is 0.454. The molecule has 1 saturated carbocycles. The Morgan fingerprint density at radius 1 is 0.929 bits per heavy atom. The lowest BCUT2D eigenvalue weighted by Crippen LogP contribution is -2.45. The van der Waals surface area contributed by atoms with Gasteiger partial charge in [0.05, 0.1) is 5.56 Å². The molecule has 2 N–H and O–H groups in total. The van der Waals surface area contributed by atoms with Gasteiger partial charge in [0, 0.05) is 6.04 Å². The molecule has 0 aliphatic heterocycles. The van der Waals surface area contributed by atoms with Gasteiger partial charge in [0.15, 0.2) is 5.11 Å². The highest BCUT2D eigenvalue weighted by atomic mass is 32.1. The molecular weight excluding hydrogens is 372 g/mol. The fourth-order valence-electron chi connectivity index (χ4n) is 3.25. The Morgan fingerprint density at radius 3 is 2.39 bits per heavy atom. The van der Waals surface area contributed by atoms with E-state index in [9.17, 15) is 4.79 Å². The summed E-state index contributed by atoms with van der Waals surface area (Å²) in [7, 11) is 0. The van der Waals surface area contributed by atoms with Crippen LogP contribution < -0.4 is 20.1 Å². The molecule has 6 heteroatoms. The first-order valence-corrected chi connectivity index (χ1v) is 10.1. The Bertz CT molecular complexity index is 776. The minimum atomic E-state index is -0.270. The summed E-state index contributed by atoms with van der Waals surface area (Å²) >= 11 is 5.31. The van der Waals surface area contributed by atoms with Crippen LogP contribution in [-0.2, 0) is 0 Å². The number of carbonyl (C=O) groups is 1. The minimum Gasteiger partial charge on any atom is -0.490 e. The van der Waals surface area contributed by atoms with E-state index in [1.54, 1.807) is 18.2 Å². The largest absolute Gasteiger partial charge is 0.490 e. The van der Waals surface area contributed by atoms with E-state index in [2.05, 4.69) is 10.6 Å². The Labute approximate surface area is 171 Å². The van der Waals surface area contributed by atoms with Crippen LogP contribution >= 0.6 is 12.2 Å². The van der Waals surface area contributed by atoms with Gasteiger partial charge in [-0.2, -0.15) is 0 Å². The quantitative estimate of drug-likeness (QED) is 0.544. The van der Waals surface area contributed by atoms with E-state index in [4.69, 9.17) is 21.7 Å². The highest BCUT2D eigenvalue weighted by Crippen LogP contribution is 2.19. The average Bonchev–Trinajstić information content (AvgIpc) is 2.73. The Hall–Kier alpha value is -2.60. The summed E-state index contributed by atoms with van der Waals surface area (Å²) in [5.74, 6) is 1.03. The second kappa shape index (κ2) is 10.7. The van der Waals surface area contributed by atoms with Crippen LogP contribution in [0.2, 0.25) is 0 Å². The maximum absolute atomic E-state index is 12.6. The molecule has 28 heavy (non-hydrogen) atoms. The van der Waals surface area contributed by atoms with E-state index in [1.807, 2.05) is 36.4 Å². The van der Waals surface area contributed by atoms with Crippen LogP contribution in [0.15, 0.2) is 54.6 Å². The third kappa shape index (κ3) is 6.23. The Morgan fingerprint density at radius 2 is 1.61 bits per heavy atom. The van der Waals surface area contributed by atoms with Crippen molar-refractivity contribution in [1.29, 1.82) is 0 Å². The van der Waals surface area contributed by atoms with Gasteiger partial charge in [0.1, 0.15) is 24.7 Å². The van der Waals surface area contributed by atoms with E-state index in [0.717, 1.165) is 18.6 Å². The molecule has 0 heterocycles. The topological polar surface area (TPSA) is 59.6 Å². The predicted molar refractivity (Wildman–Crippen MR) is 114 cm³/mol. The molecule has 0 unspecified atom stereocenters. The number of hydrogen-bond acceptors (Lipinski definition) is 4. The minimum absolute atomic E-state index is 0.270. The highest BCUT2D eigenvalue weighted by Gasteiger charge is 2.17. The van der Waals surface area contributed by atoms with E-state index in [0.29, 0.717) is 35.7 Å². The van der Waals surface area contributed by atoms with E-state index in [1.165, 1.54) is 19.3 Å². The van der Waals surface area contributed by atoms with Gasteiger partial charge in [-0.3, -0.25) is 10.1 Å². The molecule has 0 radical (unpaired) electrons. The predicted octanol–water partition coefficient (Wildman–Crippen LogP) is 4.08. The summed E-state index contributed by atoms with van der Waals surface area (Å²) in [5, 5.41) is 6.39. The number of para-hydroxylation sites is 2. The maximum atomic E-state index is 12.6. The van der Waals surface area contributed by atoms with Crippen LogP contribution in [0.25, 0.3) is 0 Å². The number of amides is 1. The third-order valence-corrected chi connectivity index (χ3v) is 4.87. The second-order valence-electron chi connectivity index (χ2n) is 6.77. The van der Waals surface area contributed by atoms with Crippen molar-refractivity contribution < 1.29 is 14.3 Å². The van der Waals surface area contributed by atoms with Gasteiger partial charge in [-0.1, -0.05) is 49.6 Å². The lowest BCUT2D eigenvalue weighted by Gasteiger charge is -2.24. The molecule has 1 amide bonds. The summed E-state index contributed by atoms with van der Waals surface area (Å²) in [4.78, 5) is 12.6. The van der Waals surface area contributed by atoms with Gasteiger partial charge in [-0.25, -0.2) is 0 Å². The summed E-state index contributed by atoms with van der Waals surface area (Å²) < 4.78 is 11.4. The molecule has 0 spiro atoms. The van der Waals surface area contributed by atoms with Crippen molar-refractivity contribution in [3.05, 3.63) is 60.2 Å². The van der Waals surface area contributed by atoms with Crippen LogP contribution in [0.1, 0.15) is 42.5 Å². The number of carbonyl (C=O) groups excluding carboxylic acids is 1. The number of hydrogen-bond donors (Lipinski definition) is 2. The van der Waals surface area contributed by atoms with E-state index < -0.39 is 0 Å². The highest BCUT2D eigenvalue weighted by molar-refractivity contribution is 7.80. The lowest BCUT2D eigenvalue weighted by molar-refractivity contribution is 0.0971. The standard InChI is InChI=1S/C22H26N2O3S/c25-21(24-22(28)23-17-9-3-1-4-10-17)19-13-7-8-14-20(19)27-16-15-26-18-11-5-2-6-12-18/h2,5-8,11-14,17H,1,3-4,9-10,15-16H2,(H2,23,24,25,28). The number of ether oxygens (including phenoxy) is 2. The second-order valence-corrected chi connectivity index (χ2v) is 7.18. The van der Waals surface area contributed by atoms with Gasteiger partial charge in [0.2, 0.25) is 0 Å². The van der Waals surface area contributed by atoms with Crippen LogP contribution in [0.3, 0.4) is 0 Å². The van der Waals surface area contributed by atoms with Crippen LogP contribution in [0.4, 0.5) is 0 Å². The van der Waals surface area contributed by atoms with Crippen LogP contribution in [0, 0.1) is 0 Å². The SMILES string of the molecule is O=C(NC(=S)NC1CCCCC1)c1ccccc1OCCOc1ccccc1. The van der Waals surface area contributed by atoms with Crippen LogP contribution in [0.5, 0.6) is 11.5 Å². The van der Waals surface area contributed by atoms with Crippen molar-refractivity contribution in [3.8, 4) is 11.5 Å². The van der Waals surface area contributed by atoms with Crippen molar-refractivity contribution in [1.82, 2.24) is 10.6 Å². The molecule has 0 saturated heterocycles. The molecule has 5 nitrogen and oxygen atoms in total. The molecule has 0 atom stereocenters. The van der Waals surface area contributed by atoms with Gasteiger partial charge in [-0.05, 0) is 49.3 Å². The number of nitrogens with one attached hydrogen (secondary N) is 2. The van der Waals surface area contributed by atoms with Crippen molar-refractivity contribution >= 4 is 23.2 Å². The smallest absolute Gasteiger partial charge is 0.261 e. The summed E-state index contributed by atoms with van der Waals surface area (Å²) in [6, 6.07) is 17.0. The number of benzene rings is 2. The fourth-order valence-corrected chi connectivity index (χ4v) is 3.51. The van der Waals surface area contributed by atoms with Gasteiger partial charge in [0.25, 0.3) is 5.91 Å². The normalized spacial score (nSPS) is 14.1. The third-order valence-electron chi connectivity index (χ3n) is 4.65. The van der Waals surface area contributed by atoms with Crippen molar-refractivity contribution in [2.45, 2.75) is 38.1 Å². The van der Waals surface area contributed by atoms with Crippen molar-refractivity contribution in [2.75, 3.05) is 13.2 Å². The van der Waals surface area contributed by atoms with Gasteiger partial charge >= 0.3 is 0 Å². The zero-order chi connectivity index (χ0) is 19.6. The zero-order valence-electron chi connectivity index (χ0n) is 15.9.